The maximum atomic E-state index is 2.31. The topological polar surface area (TPSA) is 0 Å². The van der Waals surface area contributed by atoms with Gasteiger partial charge < -0.3 is 0 Å². The van der Waals surface area contributed by atoms with Gasteiger partial charge in [0.1, 0.15) is 0 Å². The van der Waals surface area contributed by atoms with Gasteiger partial charge in [0.2, 0.25) is 0 Å². The Balaban J connectivity index is 3.68. The second-order valence-electron chi connectivity index (χ2n) is 4.51. The summed E-state index contributed by atoms with van der Waals surface area (Å²) in [5.74, 6) is 2.04. The van der Waals surface area contributed by atoms with Crippen molar-refractivity contribution in [1.82, 2.24) is 0 Å². The van der Waals surface area contributed by atoms with E-state index in [2.05, 4.69) is 58.9 Å². The van der Waals surface area contributed by atoms with Gasteiger partial charge >= 0.3 is 0 Å². The SMILES string of the molecule is CC(C)C=CCC(C)C=CC(C)C. The largest absolute Gasteiger partial charge is 0.0877 e. The summed E-state index contributed by atoms with van der Waals surface area (Å²) in [6.45, 7) is 11.1. The normalized spacial score (nSPS) is 15.3. The minimum absolute atomic E-state index is 0.677. The molecule has 0 fully saturated rings. The molecule has 0 radical (unpaired) electrons. The molecule has 1 atom stereocenters. The van der Waals surface area contributed by atoms with E-state index in [0.717, 1.165) is 0 Å². The van der Waals surface area contributed by atoms with E-state index in [-0.39, 0.29) is 0 Å². The van der Waals surface area contributed by atoms with Crippen LogP contribution >= 0.6 is 0 Å². The van der Waals surface area contributed by atoms with Gasteiger partial charge in [0, 0.05) is 0 Å². The Labute approximate surface area is 83.7 Å². The first-order valence-electron chi connectivity index (χ1n) is 5.37. The zero-order valence-corrected chi connectivity index (χ0v) is 9.75. The van der Waals surface area contributed by atoms with Crippen molar-refractivity contribution >= 4 is 0 Å². The van der Waals surface area contributed by atoms with E-state index >= 15 is 0 Å². The van der Waals surface area contributed by atoms with Crippen molar-refractivity contribution in [2.45, 2.75) is 41.0 Å². The Morgan fingerprint density at radius 2 is 1.31 bits per heavy atom. The molecule has 0 heterocycles. The lowest BCUT2D eigenvalue weighted by molar-refractivity contribution is 0.716. The Morgan fingerprint density at radius 3 is 1.77 bits per heavy atom. The summed E-state index contributed by atoms with van der Waals surface area (Å²) in [5.41, 5.74) is 0. The fraction of sp³-hybridized carbons (Fsp3) is 0.692. The lowest BCUT2D eigenvalue weighted by atomic mass is 10.0. The average Bonchev–Trinajstić information content (AvgIpc) is 2.00. The van der Waals surface area contributed by atoms with Gasteiger partial charge in [-0.15, -0.1) is 0 Å². The third-order valence-corrected chi connectivity index (χ3v) is 1.85. The van der Waals surface area contributed by atoms with Gasteiger partial charge in [0.15, 0.2) is 0 Å². The monoisotopic (exact) mass is 180 g/mol. The standard InChI is InChI=1S/C13H24/c1-11(2)7-6-8-13(5)10-9-12(3)4/h6-7,9-13H,8H2,1-5H3. The molecule has 0 heteroatoms. The molecule has 0 nitrogen and oxygen atoms in total. The first kappa shape index (κ1) is 12.5. The number of hydrogen-bond donors (Lipinski definition) is 0. The van der Waals surface area contributed by atoms with Gasteiger partial charge in [-0.25, -0.2) is 0 Å². The molecule has 0 aromatic rings. The summed E-state index contributed by atoms with van der Waals surface area (Å²) in [4.78, 5) is 0. The zero-order valence-electron chi connectivity index (χ0n) is 9.75. The number of allylic oxidation sites excluding steroid dienone is 4. The van der Waals surface area contributed by atoms with Crippen LogP contribution in [0.3, 0.4) is 0 Å². The molecular weight excluding hydrogens is 156 g/mol. The lowest BCUT2D eigenvalue weighted by Crippen LogP contribution is -1.89. The molecule has 0 bridgehead atoms. The first-order valence-corrected chi connectivity index (χ1v) is 5.37. The van der Waals surface area contributed by atoms with E-state index in [0.29, 0.717) is 17.8 Å². The van der Waals surface area contributed by atoms with Crippen LogP contribution < -0.4 is 0 Å². The Bertz CT molecular complexity index is 161. The van der Waals surface area contributed by atoms with E-state index in [1.807, 2.05) is 0 Å². The van der Waals surface area contributed by atoms with E-state index in [9.17, 15) is 0 Å². The predicted octanol–water partition coefficient (Wildman–Crippen LogP) is 4.44. The van der Waals surface area contributed by atoms with Crippen molar-refractivity contribution < 1.29 is 0 Å². The van der Waals surface area contributed by atoms with Gasteiger partial charge in [-0.05, 0) is 24.2 Å². The van der Waals surface area contributed by atoms with Gasteiger partial charge in [0.05, 0.1) is 0 Å². The Hall–Kier alpha value is -0.520. The highest BCUT2D eigenvalue weighted by Crippen LogP contribution is 2.08. The van der Waals surface area contributed by atoms with Crippen LogP contribution in [0.25, 0.3) is 0 Å². The van der Waals surface area contributed by atoms with Crippen molar-refractivity contribution in [2.24, 2.45) is 17.8 Å². The van der Waals surface area contributed by atoms with Crippen molar-refractivity contribution in [2.75, 3.05) is 0 Å². The average molecular weight is 180 g/mol. The van der Waals surface area contributed by atoms with Crippen LogP contribution in [0.4, 0.5) is 0 Å². The molecule has 0 aliphatic rings. The van der Waals surface area contributed by atoms with Crippen molar-refractivity contribution in [3.8, 4) is 0 Å². The second-order valence-corrected chi connectivity index (χ2v) is 4.51. The van der Waals surface area contributed by atoms with E-state index in [1.165, 1.54) is 6.42 Å². The van der Waals surface area contributed by atoms with Crippen LogP contribution in [0.1, 0.15) is 41.0 Å². The summed E-state index contributed by atoms with van der Waals surface area (Å²) in [5, 5.41) is 0. The molecular formula is C13H24. The highest BCUT2D eigenvalue weighted by atomic mass is 14.0. The van der Waals surface area contributed by atoms with Crippen molar-refractivity contribution in [1.29, 1.82) is 0 Å². The maximum absolute atomic E-state index is 2.31. The molecule has 13 heavy (non-hydrogen) atoms. The van der Waals surface area contributed by atoms with Crippen LogP contribution in [0, 0.1) is 17.8 Å². The first-order chi connectivity index (χ1) is 6.02. The van der Waals surface area contributed by atoms with Crippen molar-refractivity contribution in [3.63, 3.8) is 0 Å². The third kappa shape index (κ3) is 9.39. The highest BCUT2D eigenvalue weighted by molar-refractivity contribution is 4.94. The lowest BCUT2D eigenvalue weighted by Gasteiger charge is -2.03. The predicted molar refractivity (Wildman–Crippen MR) is 61.7 cm³/mol. The smallest absolute Gasteiger partial charge is 0.0227 e. The molecule has 76 valence electrons. The molecule has 0 N–H and O–H groups in total. The van der Waals surface area contributed by atoms with Crippen LogP contribution in [0.5, 0.6) is 0 Å². The minimum atomic E-state index is 0.677. The number of rotatable bonds is 5. The fourth-order valence-electron chi connectivity index (χ4n) is 1.06. The van der Waals surface area contributed by atoms with Gasteiger partial charge in [-0.2, -0.15) is 0 Å². The molecule has 0 aliphatic heterocycles. The molecule has 0 saturated carbocycles. The van der Waals surface area contributed by atoms with Gasteiger partial charge in [0.25, 0.3) is 0 Å². The summed E-state index contributed by atoms with van der Waals surface area (Å²) in [6, 6.07) is 0. The molecule has 0 rings (SSSR count). The molecule has 0 spiro atoms. The molecule has 0 saturated heterocycles. The third-order valence-electron chi connectivity index (χ3n) is 1.85. The van der Waals surface area contributed by atoms with E-state index in [1.54, 1.807) is 0 Å². The maximum Gasteiger partial charge on any atom is -0.0227 e. The molecule has 1 unspecified atom stereocenters. The molecule has 0 aromatic heterocycles. The molecule has 0 amide bonds. The molecule has 0 aliphatic carbocycles. The zero-order chi connectivity index (χ0) is 10.3. The molecule has 0 aromatic carbocycles. The summed E-state index contributed by atoms with van der Waals surface area (Å²) in [7, 11) is 0. The second kappa shape index (κ2) is 6.94. The van der Waals surface area contributed by atoms with E-state index in [4.69, 9.17) is 0 Å². The van der Waals surface area contributed by atoms with Gasteiger partial charge in [-0.3, -0.25) is 0 Å². The summed E-state index contributed by atoms with van der Waals surface area (Å²) < 4.78 is 0. The van der Waals surface area contributed by atoms with Crippen molar-refractivity contribution in [3.05, 3.63) is 24.3 Å². The minimum Gasteiger partial charge on any atom is -0.0877 e. The van der Waals surface area contributed by atoms with Gasteiger partial charge in [-0.1, -0.05) is 58.9 Å². The van der Waals surface area contributed by atoms with Crippen LogP contribution in [-0.2, 0) is 0 Å². The fourth-order valence-corrected chi connectivity index (χ4v) is 1.06. The van der Waals surface area contributed by atoms with Crippen LogP contribution in [0.15, 0.2) is 24.3 Å². The Kier molecular flexibility index (Phi) is 6.66. The quantitative estimate of drug-likeness (QED) is 0.549. The summed E-state index contributed by atoms with van der Waals surface area (Å²) in [6.07, 6.45) is 10.3. The van der Waals surface area contributed by atoms with Crippen LogP contribution in [-0.4, -0.2) is 0 Å². The van der Waals surface area contributed by atoms with E-state index < -0.39 is 0 Å². The highest BCUT2D eigenvalue weighted by Gasteiger charge is 1.94. The Morgan fingerprint density at radius 1 is 0.769 bits per heavy atom. The number of hydrogen-bond acceptors (Lipinski definition) is 0. The summed E-state index contributed by atoms with van der Waals surface area (Å²) >= 11 is 0. The van der Waals surface area contributed by atoms with Crippen LogP contribution in [0.2, 0.25) is 0 Å².